The number of hydrogen-bond acceptors (Lipinski definition) is 7. The van der Waals surface area contributed by atoms with Crippen molar-refractivity contribution >= 4 is 28.6 Å². The molecule has 1 aliphatic heterocycles. The first-order chi connectivity index (χ1) is 12.9. The van der Waals surface area contributed by atoms with Gasteiger partial charge in [-0.15, -0.1) is 22.7 Å². The van der Waals surface area contributed by atoms with Gasteiger partial charge in [-0.25, -0.2) is 4.98 Å². The number of thiophene rings is 1. The van der Waals surface area contributed by atoms with E-state index in [0.717, 1.165) is 22.7 Å². The van der Waals surface area contributed by atoms with E-state index in [0.29, 0.717) is 12.8 Å². The van der Waals surface area contributed by atoms with Gasteiger partial charge in [0.15, 0.2) is 5.76 Å². The van der Waals surface area contributed by atoms with Crippen molar-refractivity contribution in [2.24, 2.45) is 5.73 Å². The molecule has 6 nitrogen and oxygen atoms in total. The van der Waals surface area contributed by atoms with Gasteiger partial charge in [-0.3, -0.25) is 9.69 Å². The summed E-state index contributed by atoms with van der Waals surface area (Å²) in [6, 6.07) is -0.101. The minimum atomic E-state index is -0.308. The average Bonchev–Trinajstić information content (AvgIpc) is 3.31. The van der Waals surface area contributed by atoms with Gasteiger partial charge < -0.3 is 10.3 Å². The first kappa shape index (κ1) is 18.3. The van der Waals surface area contributed by atoms with Crippen molar-refractivity contribution in [2.75, 3.05) is 7.05 Å². The van der Waals surface area contributed by atoms with Crippen LogP contribution in [0.2, 0.25) is 0 Å². The van der Waals surface area contributed by atoms with Crippen molar-refractivity contribution < 1.29 is 9.32 Å². The Bertz CT molecular complexity index is 990. The zero-order valence-electron chi connectivity index (χ0n) is 15.8. The third-order valence-electron chi connectivity index (χ3n) is 5.42. The van der Waals surface area contributed by atoms with E-state index in [1.165, 1.54) is 20.9 Å². The monoisotopic (exact) mass is 402 g/mol. The van der Waals surface area contributed by atoms with E-state index in [9.17, 15) is 4.79 Å². The standard InChI is InChI=1S/C19H22N4O2S2/c1-9-11(3)27-19-15(9)17(12-7-26-8-21-12)23(4)13(5-6-14(20)24)18-16(19)10(2)22-25-18/h7-8,13,17H,5-6H2,1-4H3,(H2,20,24)/t13-,17?/m0/s1. The van der Waals surface area contributed by atoms with Crippen molar-refractivity contribution in [1.82, 2.24) is 15.0 Å². The Morgan fingerprint density at radius 1 is 1.37 bits per heavy atom. The molecule has 1 amide bonds. The van der Waals surface area contributed by atoms with E-state index in [-0.39, 0.29) is 18.0 Å². The van der Waals surface area contributed by atoms with Crippen LogP contribution in [0, 0.1) is 20.8 Å². The van der Waals surface area contributed by atoms with Crippen LogP contribution >= 0.6 is 22.7 Å². The van der Waals surface area contributed by atoms with Crippen molar-refractivity contribution in [1.29, 1.82) is 0 Å². The highest BCUT2D eigenvalue weighted by molar-refractivity contribution is 7.15. The Kier molecular flexibility index (Phi) is 4.65. The minimum absolute atomic E-state index is 0.00363. The van der Waals surface area contributed by atoms with Gasteiger partial charge in [-0.1, -0.05) is 5.16 Å². The summed E-state index contributed by atoms with van der Waals surface area (Å²) in [7, 11) is 2.07. The van der Waals surface area contributed by atoms with Crippen LogP contribution in [-0.4, -0.2) is 28.0 Å². The number of nitrogens with zero attached hydrogens (tertiary/aromatic N) is 3. The van der Waals surface area contributed by atoms with E-state index in [1.54, 1.807) is 22.7 Å². The van der Waals surface area contributed by atoms with Crippen LogP contribution in [0.25, 0.3) is 10.4 Å². The smallest absolute Gasteiger partial charge is 0.217 e. The molecule has 142 valence electrons. The van der Waals surface area contributed by atoms with E-state index >= 15 is 0 Å². The molecule has 4 heterocycles. The summed E-state index contributed by atoms with van der Waals surface area (Å²) in [6.45, 7) is 6.30. The summed E-state index contributed by atoms with van der Waals surface area (Å²) in [5, 5.41) is 6.35. The van der Waals surface area contributed by atoms with Gasteiger partial charge in [0.25, 0.3) is 0 Å². The van der Waals surface area contributed by atoms with E-state index in [4.69, 9.17) is 10.3 Å². The normalized spacial score (nSPS) is 19.6. The first-order valence-electron chi connectivity index (χ1n) is 8.84. The Hall–Kier alpha value is -2.03. The number of nitrogens with two attached hydrogens (primary N) is 1. The molecule has 0 fully saturated rings. The predicted octanol–water partition coefficient (Wildman–Crippen LogP) is 4.13. The fourth-order valence-electron chi connectivity index (χ4n) is 3.95. The van der Waals surface area contributed by atoms with Crippen molar-refractivity contribution in [3.8, 4) is 10.4 Å². The van der Waals surface area contributed by atoms with Crippen LogP contribution < -0.4 is 5.73 Å². The second kappa shape index (κ2) is 6.85. The molecule has 1 aliphatic rings. The van der Waals surface area contributed by atoms with Gasteiger partial charge in [0.1, 0.15) is 0 Å². The third-order valence-corrected chi connectivity index (χ3v) is 7.26. The lowest BCUT2D eigenvalue weighted by Gasteiger charge is -2.32. The lowest BCUT2D eigenvalue weighted by atomic mass is 9.97. The Morgan fingerprint density at radius 3 is 2.81 bits per heavy atom. The van der Waals surface area contributed by atoms with Crippen LogP contribution in [0.15, 0.2) is 15.4 Å². The average molecular weight is 403 g/mol. The Labute approximate surface area is 166 Å². The number of hydrogen-bond donors (Lipinski definition) is 1. The molecule has 0 spiro atoms. The third kappa shape index (κ3) is 2.92. The lowest BCUT2D eigenvalue weighted by molar-refractivity contribution is -0.118. The quantitative estimate of drug-likeness (QED) is 0.709. The molecule has 1 unspecified atom stereocenters. The number of amides is 1. The maximum atomic E-state index is 11.5. The van der Waals surface area contributed by atoms with Crippen LogP contribution in [0.1, 0.15) is 58.1 Å². The Balaban J connectivity index is 1.97. The molecule has 0 aliphatic carbocycles. The highest BCUT2D eigenvalue weighted by Gasteiger charge is 2.40. The van der Waals surface area contributed by atoms with Crippen molar-refractivity contribution in [2.45, 2.75) is 45.7 Å². The maximum absolute atomic E-state index is 11.5. The molecule has 0 saturated heterocycles. The number of carbonyl (C=O) groups excluding carboxylic acids is 1. The highest BCUT2D eigenvalue weighted by atomic mass is 32.1. The number of rotatable bonds is 4. The number of primary amides is 1. The predicted molar refractivity (Wildman–Crippen MR) is 107 cm³/mol. The van der Waals surface area contributed by atoms with E-state index in [1.807, 2.05) is 12.4 Å². The second-order valence-corrected chi connectivity index (χ2v) is 8.98. The zero-order chi connectivity index (χ0) is 19.3. The summed E-state index contributed by atoms with van der Waals surface area (Å²) < 4.78 is 5.80. The summed E-state index contributed by atoms with van der Waals surface area (Å²) in [4.78, 5) is 20.8. The molecule has 3 aromatic rings. The molecular formula is C19H22N4O2S2. The van der Waals surface area contributed by atoms with Gasteiger partial charge in [0, 0.05) is 21.6 Å². The summed E-state index contributed by atoms with van der Waals surface area (Å²) in [5.41, 5.74) is 12.8. The SMILES string of the molecule is Cc1noc2c1-c1sc(C)c(C)c1C(c1cscn1)N(C)[C@H]2CCC(N)=O. The number of thiazole rings is 1. The van der Waals surface area contributed by atoms with Crippen LogP contribution in [0.4, 0.5) is 0 Å². The summed E-state index contributed by atoms with van der Waals surface area (Å²) in [6.07, 6.45) is 0.880. The molecule has 8 heteroatoms. The second-order valence-electron chi connectivity index (χ2n) is 7.04. The highest BCUT2D eigenvalue weighted by Crippen LogP contribution is 2.52. The van der Waals surface area contributed by atoms with Crippen molar-refractivity contribution in [3.05, 3.63) is 44.0 Å². The van der Waals surface area contributed by atoms with Crippen LogP contribution in [0.3, 0.4) is 0 Å². The number of aryl methyl sites for hydroxylation is 2. The fraction of sp³-hybridized carbons (Fsp3) is 0.421. The van der Waals surface area contributed by atoms with E-state index in [2.05, 4.69) is 41.3 Å². The van der Waals surface area contributed by atoms with Gasteiger partial charge in [0.05, 0.1) is 34.5 Å². The fourth-order valence-corrected chi connectivity index (χ4v) is 5.81. The molecule has 2 atom stereocenters. The van der Waals surface area contributed by atoms with Crippen LogP contribution in [-0.2, 0) is 4.79 Å². The molecule has 27 heavy (non-hydrogen) atoms. The van der Waals surface area contributed by atoms with Gasteiger partial charge in [-0.05, 0) is 45.4 Å². The van der Waals surface area contributed by atoms with Gasteiger partial charge in [0.2, 0.25) is 5.91 Å². The molecule has 4 rings (SSSR count). The molecule has 0 aromatic carbocycles. The van der Waals surface area contributed by atoms with Crippen LogP contribution in [0.5, 0.6) is 0 Å². The first-order valence-corrected chi connectivity index (χ1v) is 10.6. The minimum Gasteiger partial charge on any atom is -0.370 e. The van der Waals surface area contributed by atoms with E-state index < -0.39 is 0 Å². The molecule has 0 saturated carbocycles. The number of carbonyl (C=O) groups is 1. The summed E-state index contributed by atoms with van der Waals surface area (Å²) in [5.74, 6) is 0.508. The molecule has 0 bridgehead atoms. The van der Waals surface area contributed by atoms with Gasteiger partial charge >= 0.3 is 0 Å². The lowest BCUT2D eigenvalue weighted by Crippen LogP contribution is -2.30. The largest absolute Gasteiger partial charge is 0.370 e. The van der Waals surface area contributed by atoms with Crippen molar-refractivity contribution in [3.63, 3.8) is 0 Å². The zero-order valence-corrected chi connectivity index (χ0v) is 17.4. The molecule has 3 aromatic heterocycles. The molecule has 0 radical (unpaired) electrons. The number of fused-ring (bicyclic) bond motifs is 3. The summed E-state index contributed by atoms with van der Waals surface area (Å²) >= 11 is 3.37. The maximum Gasteiger partial charge on any atom is 0.217 e. The Morgan fingerprint density at radius 2 is 2.15 bits per heavy atom. The topological polar surface area (TPSA) is 85.2 Å². The molecule has 2 N–H and O–H groups in total. The number of aromatic nitrogens is 2. The molecular weight excluding hydrogens is 380 g/mol. The van der Waals surface area contributed by atoms with Gasteiger partial charge in [-0.2, -0.15) is 0 Å².